The first kappa shape index (κ1) is 20.1. The number of carbonyl (C=O) groups excluding carboxylic acids is 2. The van der Waals surface area contributed by atoms with Crippen molar-refractivity contribution in [3.8, 4) is 0 Å². The fraction of sp³-hybridized carbons (Fsp3) is 0.846. The van der Waals surface area contributed by atoms with E-state index in [0.717, 1.165) is 6.42 Å². The minimum Gasteiger partial charge on any atom is -0.469 e. The lowest BCUT2D eigenvalue weighted by Gasteiger charge is -2.30. The van der Waals surface area contributed by atoms with Crippen LogP contribution in [0.2, 0.25) is 0 Å². The summed E-state index contributed by atoms with van der Waals surface area (Å²) in [5.74, 6) is -0.651. The smallest absolute Gasteiger partial charge is 0.307 e. The SMILES string of the molecule is COCC(C)(CC(=O)OC)NC(=O)[C@@H]1CC[C@H](CN)O1.Cl. The molecule has 1 heterocycles. The molecule has 1 saturated heterocycles. The maximum atomic E-state index is 12.2. The van der Waals surface area contributed by atoms with Crippen LogP contribution in [0, 0.1) is 0 Å². The number of halogens is 1. The van der Waals surface area contributed by atoms with Crippen LogP contribution in [0.15, 0.2) is 0 Å². The van der Waals surface area contributed by atoms with Crippen molar-refractivity contribution in [3.05, 3.63) is 0 Å². The van der Waals surface area contributed by atoms with Crippen molar-refractivity contribution >= 4 is 24.3 Å². The molecule has 124 valence electrons. The Labute approximate surface area is 131 Å². The molecule has 0 aromatic rings. The zero-order valence-corrected chi connectivity index (χ0v) is 13.5. The number of ether oxygens (including phenoxy) is 3. The maximum absolute atomic E-state index is 12.2. The summed E-state index contributed by atoms with van der Waals surface area (Å²) in [6.07, 6.45) is 0.856. The van der Waals surface area contributed by atoms with Gasteiger partial charge in [-0.15, -0.1) is 12.4 Å². The second-order valence-electron chi connectivity index (χ2n) is 5.30. The molecule has 21 heavy (non-hydrogen) atoms. The molecule has 3 atom stereocenters. The third kappa shape index (κ3) is 6.17. The van der Waals surface area contributed by atoms with Gasteiger partial charge in [0.1, 0.15) is 6.10 Å². The van der Waals surface area contributed by atoms with Crippen molar-refractivity contribution < 1.29 is 23.8 Å². The predicted octanol–water partition coefficient (Wildman–Crippen LogP) is -0.00110. The summed E-state index contributed by atoms with van der Waals surface area (Å²) < 4.78 is 15.2. The van der Waals surface area contributed by atoms with Gasteiger partial charge in [0.25, 0.3) is 0 Å². The van der Waals surface area contributed by atoms with Gasteiger partial charge in [-0.1, -0.05) is 0 Å². The van der Waals surface area contributed by atoms with Gasteiger partial charge in [0.15, 0.2) is 0 Å². The number of nitrogens with two attached hydrogens (primary N) is 1. The average Bonchev–Trinajstić information content (AvgIpc) is 2.87. The Balaban J connectivity index is 0.00000400. The molecule has 1 fully saturated rings. The van der Waals surface area contributed by atoms with Crippen LogP contribution >= 0.6 is 12.4 Å². The number of rotatable bonds is 7. The van der Waals surface area contributed by atoms with Gasteiger partial charge in [0, 0.05) is 13.7 Å². The molecule has 1 rings (SSSR count). The van der Waals surface area contributed by atoms with Crippen molar-refractivity contribution in [2.45, 2.75) is 43.9 Å². The Bertz CT molecular complexity index is 355. The zero-order valence-electron chi connectivity index (χ0n) is 12.7. The number of carbonyl (C=O) groups is 2. The van der Waals surface area contributed by atoms with Gasteiger partial charge in [0.05, 0.1) is 31.8 Å². The van der Waals surface area contributed by atoms with Crippen LogP contribution in [0.5, 0.6) is 0 Å². The van der Waals surface area contributed by atoms with Gasteiger partial charge < -0.3 is 25.3 Å². The standard InChI is InChI=1S/C13H24N2O5.ClH/c1-13(8-18-2,6-11(16)19-3)15-12(17)10-5-4-9(7-14)20-10;/h9-10H,4-8,14H2,1-3H3,(H,15,17);1H/t9-,10+,13?;/m1./s1. The van der Waals surface area contributed by atoms with Crippen molar-refractivity contribution in [1.82, 2.24) is 5.32 Å². The Morgan fingerprint density at radius 2 is 2.05 bits per heavy atom. The predicted molar refractivity (Wildman–Crippen MR) is 79.3 cm³/mol. The summed E-state index contributed by atoms with van der Waals surface area (Å²) in [4.78, 5) is 23.6. The van der Waals surface area contributed by atoms with E-state index in [9.17, 15) is 9.59 Å². The lowest BCUT2D eigenvalue weighted by Crippen LogP contribution is -2.53. The van der Waals surface area contributed by atoms with Crippen LogP contribution in [0.1, 0.15) is 26.2 Å². The molecular weight excluding hydrogens is 300 g/mol. The van der Waals surface area contributed by atoms with Gasteiger partial charge in [-0.2, -0.15) is 0 Å². The fourth-order valence-corrected chi connectivity index (χ4v) is 2.29. The second-order valence-corrected chi connectivity index (χ2v) is 5.30. The molecule has 7 nitrogen and oxygen atoms in total. The minimum atomic E-state index is -0.816. The molecule has 0 aromatic carbocycles. The minimum absolute atomic E-state index is 0. The number of nitrogens with one attached hydrogen (secondary N) is 1. The monoisotopic (exact) mass is 324 g/mol. The quantitative estimate of drug-likeness (QED) is 0.639. The highest BCUT2D eigenvalue weighted by Crippen LogP contribution is 2.20. The molecule has 0 saturated carbocycles. The topological polar surface area (TPSA) is 99.9 Å². The maximum Gasteiger partial charge on any atom is 0.307 e. The molecule has 1 amide bonds. The number of hydrogen-bond acceptors (Lipinski definition) is 6. The largest absolute Gasteiger partial charge is 0.469 e. The second kappa shape index (κ2) is 9.19. The molecule has 0 radical (unpaired) electrons. The molecule has 0 aliphatic carbocycles. The van der Waals surface area contributed by atoms with Gasteiger partial charge in [-0.3, -0.25) is 9.59 Å². The summed E-state index contributed by atoms with van der Waals surface area (Å²) in [5.41, 5.74) is 4.70. The molecule has 3 N–H and O–H groups in total. The Morgan fingerprint density at radius 1 is 1.38 bits per heavy atom. The van der Waals surface area contributed by atoms with Gasteiger partial charge in [0.2, 0.25) is 5.91 Å². The molecule has 0 aromatic heterocycles. The van der Waals surface area contributed by atoms with Crippen LogP contribution in [0.4, 0.5) is 0 Å². The van der Waals surface area contributed by atoms with Crippen LogP contribution in [-0.2, 0) is 23.8 Å². The first-order valence-electron chi connectivity index (χ1n) is 6.67. The van der Waals surface area contributed by atoms with Gasteiger partial charge >= 0.3 is 5.97 Å². The van der Waals surface area contributed by atoms with E-state index < -0.39 is 17.6 Å². The highest BCUT2D eigenvalue weighted by molar-refractivity contribution is 5.85. The van der Waals surface area contributed by atoms with E-state index in [1.54, 1.807) is 6.92 Å². The van der Waals surface area contributed by atoms with Crippen molar-refractivity contribution in [2.24, 2.45) is 5.73 Å². The molecule has 0 bridgehead atoms. The summed E-state index contributed by atoms with van der Waals surface area (Å²) in [5, 5.41) is 2.82. The molecule has 8 heteroatoms. The Kier molecular flexibility index (Phi) is 8.80. The third-order valence-electron chi connectivity index (χ3n) is 3.31. The third-order valence-corrected chi connectivity index (χ3v) is 3.31. The van der Waals surface area contributed by atoms with Crippen molar-refractivity contribution in [2.75, 3.05) is 27.4 Å². The summed E-state index contributed by atoms with van der Waals surface area (Å²) >= 11 is 0. The number of hydrogen-bond donors (Lipinski definition) is 2. The Hall–Kier alpha value is -0.890. The van der Waals surface area contributed by atoms with Crippen LogP contribution in [0.3, 0.4) is 0 Å². The van der Waals surface area contributed by atoms with E-state index in [2.05, 4.69) is 10.1 Å². The van der Waals surface area contributed by atoms with Crippen molar-refractivity contribution in [3.63, 3.8) is 0 Å². The lowest BCUT2D eigenvalue weighted by atomic mass is 9.98. The number of methoxy groups -OCH3 is 2. The van der Waals surface area contributed by atoms with Crippen molar-refractivity contribution in [1.29, 1.82) is 0 Å². The van der Waals surface area contributed by atoms with E-state index >= 15 is 0 Å². The molecular formula is C13H25ClN2O5. The zero-order chi connectivity index (χ0) is 15.2. The summed E-state index contributed by atoms with van der Waals surface area (Å²) in [6.45, 7) is 2.35. The van der Waals surface area contributed by atoms with Crippen LogP contribution < -0.4 is 11.1 Å². The molecule has 1 aliphatic heterocycles. The van der Waals surface area contributed by atoms with E-state index in [1.807, 2.05) is 0 Å². The first-order valence-corrected chi connectivity index (χ1v) is 6.67. The molecule has 1 aliphatic rings. The van der Waals surface area contributed by atoms with E-state index in [-0.39, 0.29) is 37.4 Å². The van der Waals surface area contributed by atoms with Gasteiger partial charge in [-0.05, 0) is 19.8 Å². The fourth-order valence-electron chi connectivity index (χ4n) is 2.29. The van der Waals surface area contributed by atoms with E-state index in [4.69, 9.17) is 15.2 Å². The normalized spacial score (nSPS) is 23.8. The number of esters is 1. The highest BCUT2D eigenvalue weighted by atomic mass is 35.5. The average molecular weight is 325 g/mol. The van der Waals surface area contributed by atoms with Crippen LogP contribution in [0.25, 0.3) is 0 Å². The Morgan fingerprint density at radius 3 is 2.52 bits per heavy atom. The summed E-state index contributed by atoms with van der Waals surface area (Å²) in [6, 6.07) is 0. The highest BCUT2D eigenvalue weighted by Gasteiger charge is 2.36. The van der Waals surface area contributed by atoms with Gasteiger partial charge in [-0.25, -0.2) is 0 Å². The van der Waals surface area contributed by atoms with E-state index in [0.29, 0.717) is 13.0 Å². The number of amides is 1. The first-order chi connectivity index (χ1) is 9.44. The lowest BCUT2D eigenvalue weighted by molar-refractivity contribution is -0.144. The van der Waals surface area contributed by atoms with E-state index in [1.165, 1.54) is 14.2 Å². The molecule has 0 spiro atoms. The molecule has 1 unspecified atom stereocenters. The summed E-state index contributed by atoms with van der Waals surface area (Å²) in [7, 11) is 2.82. The van der Waals surface area contributed by atoms with Crippen LogP contribution in [-0.4, -0.2) is 57.0 Å².